The van der Waals surface area contributed by atoms with Gasteiger partial charge >= 0.3 is 0 Å². The number of pyridine rings is 2. The third-order valence-electron chi connectivity index (χ3n) is 4.90. The monoisotopic (exact) mass is 374 g/mol. The molecule has 4 heterocycles. The molecule has 0 aliphatic carbocycles. The standard InChI is InChI=1S/C21H22N6O/c1-15-5-2-8-19(24-15)25-20-13-16(9-11-22-20)17-6-4-12-27(14-17)21(28)18-7-3-10-23-26-18/h2-3,5,7-11,13,17H,4,6,12,14H2,1H3,(H,22,24,25)/t17-/m0/s1. The van der Waals surface area contributed by atoms with E-state index in [-0.39, 0.29) is 11.8 Å². The second-order valence-electron chi connectivity index (χ2n) is 6.96. The summed E-state index contributed by atoms with van der Waals surface area (Å²) in [7, 11) is 0. The third-order valence-corrected chi connectivity index (χ3v) is 4.90. The molecule has 7 heteroatoms. The summed E-state index contributed by atoms with van der Waals surface area (Å²) in [6.07, 6.45) is 5.37. The van der Waals surface area contributed by atoms with Gasteiger partial charge in [-0.1, -0.05) is 6.07 Å². The summed E-state index contributed by atoms with van der Waals surface area (Å²) in [5, 5.41) is 11.0. The van der Waals surface area contributed by atoms with Gasteiger partial charge in [0.25, 0.3) is 5.91 Å². The van der Waals surface area contributed by atoms with Crippen LogP contribution in [0.1, 0.15) is 40.5 Å². The molecule has 0 radical (unpaired) electrons. The minimum atomic E-state index is -0.0610. The van der Waals surface area contributed by atoms with Crippen LogP contribution in [0.2, 0.25) is 0 Å². The van der Waals surface area contributed by atoms with Crippen molar-refractivity contribution in [1.29, 1.82) is 0 Å². The van der Waals surface area contributed by atoms with Gasteiger partial charge in [0, 0.05) is 37.1 Å². The summed E-state index contributed by atoms with van der Waals surface area (Å²) < 4.78 is 0. The van der Waals surface area contributed by atoms with Gasteiger partial charge in [-0.3, -0.25) is 4.79 Å². The minimum absolute atomic E-state index is 0.0610. The second kappa shape index (κ2) is 8.12. The molecule has 3 aromatic heterocycles. The number of nitrogens with one attached hydrogen (secondary N) is 1. The van der Waals surface area contributed by atoms with Gasteiger partial charge in [-0.15, -0.1) is 5.10 Å². The van der Waals surface area contributed by atoms with Crippen molar-refractivity contribution in [2.75, 3.05) is 18.4 Å². The van der Waals surface area contributed by atoms with Gasteiger partial charge in [0.05, 0.1) is 0 Å². The number of anilines is 2. The Bertz CT molecular complexity index is 962. The quantitative estimate of drug-likeness (QED) is 0.754. The van der Waals surface area contributed by atoms with Crippen LogP contribution in [0.4, 0.5) is 11.6 Å². The van der Waals surface area contributed by atoms with E-state index in [0.29, 0.717) is 12.2 Å². The molecule has 1 aliphatic heterocycles. The summed E-state index contributed by atoms with van der Waals surface area (Å²) in [5.74, 6) is 1.73. The van der Waals surface area contributed by atoms with Crippen LogP contribution in [0.25, 0.3) is 0 Å². The number of rotatable bonds is 4. The van der Waals surface area contributed by atoms with Crippen LogP contribution >= 0.6 is 0 Å². The highest BCUT2D eigenvalue weighted by Gasteiger charge is 2.26. The first kappa shape index (κ1) is 18.0. The van der Waals surface area contributed by atoms with E-state index >= 15 is 0 Å². The lowest BCUT2D eigenvalue weighted by molar-refractivity contribution is 0.0700. The number of carbonyl (C=O) groups excluding carboxylic acids is 1. The number of hydrogen-bond acceptors (Lipinski definition) is 6. The predicted octanol–water partition coefficient (Wildman–Crippen LogP) is 3.34. The molecule has 1 N–H and O–H groups in total. The number of aromatic nitrogens is 4. The highest BCUT2D eigenvalue weighted by atomic mass is 16.2. The van der Waals surface area contributed by atoms with Crippen LogP contribution in [0, 0.1) is 6.92 Å². The molecule has 1 atom stereocenters. The van der Waals surface area contributed by atoms with Gasteiger partial charge in [0.2, 0.25) is 0 Å². The van der Waals surface area contributed by atoms with Crippen molar-refractivity contribution in [1.82, 2.24) is 25.1 Å². The van der Waals surface area contributed by atoms with Crippen molar-refractivity contribution in [3.8, 4) is 0 Å². The lowest BCUT2D eigenvalue weighted by atomic mass is 9.91. The zero-order valence-corrected chi connectivity index (χ0v) is 15.7. The maximum atomic E-state index is 12.7. The van der Waals surface area contributed by atoms with Crippen LogP contribution in [-0.4, -0.2) is 44.1 Å². The van der Waals surface area contributed by atoms with E-state index in [9.17, 15) is 4.79 Å². The summed E-state index contributed by atoms with van der Waals surface area (Å²) in [4.78, 5) is 23.4. The van der Waals surface area contributed by atoms with Crippen molar-refractivity contribution in [3.05, 3.63) is 71.8 Å². The molecule has 28 heavy (non-hydrogen) atoms. The number of likely N-dealkylation sites (tertiary alicyclic amines) is 1. The van der Waals surface area contributed by atoms with Gasteiger partial charge in [-0.2, -0.15) is 5.10 Å². The van der Waals surface area contributed by atoms with Gasteiger partial charge in [0.15, 0.2) is 5.69 Å². The zero-order chi connectivity index (χ0) is 19.3. The van der Waals surface area contributed by atoms with Gasteiger partial charge in [0.1, 0.15) is 11.6 Å². The van der Waals surface area contributed by atoms with Gasteiger partial charge < -0.3 is 10.2 Å². The molecule has 142 valence electrons. The number of aryl methyl sites for hydroxylation is 1. The normalized spacial score (nSPS) is 16.6. The zero-order valence-electron chi connectivity index (χ0n) is 15.7. The molecule has 1 saturated heterocycles. The lowest BCUT2D eigenvalue weighted by Crippen LogP contribution is -2.39. The van der Waals surface area contributed by atoms with Crippen LogP contribution < -0.4 is 5.32 Å². The summed E-state index contributed by atoms with van der Waals surface area (Å²) in [6, 6.07) is 13.4. The van der Waals surface area contributed by atoms with Crippen LogP contribution in [0.3, 0.4) is 0 Å². The molecular weight excluding hydrogens is 352 g/mol. The summed E-state index contributed by atoms with van der Waals surface area (Å²) in [5.41, 5.74) is 2.51. The van der Waals surface area contributed by atoms with Crippen molar-refractivity contribution in [3.63, 3.8) is 0 Å². The van der Waals surface area contributed by atoms with E-state index in [1.807, 2.05) is 42.2 Å². The molecule has 1 aliphatic rings. The number of nitrogens with zero attached hydrogens (tertiary/aromatic N) is 5. The maximum Gasteiger partial charge on any atom is 0.274 e. The first-order valence-electron chi connectivity index (χ1n) is 9.42. The first-order valence-corrected chi connectivity index (χ1v) is 9.42. The van der Waals surface area contributed by atoms with E-state index in [0.717, 1.165) is 36.7 Å². The molecule has 0 saturated carbocycles. The molecule has 7 nitrogen and oxygen atoms in total. The Labute approximate surface area is 163 Å². The Morgan fingerprint density at radius 3 is 2.89 bits per heavy atom. The van der Waals surface area contributed by atoms with E-state index in [2.05, 4.69) is 25.5 Å². The summed E-state index contributed by atoms with van der Waals surface area (Å²) in [6.45, 7) is 3.37. The van der Waals surface area contributed by atoms with E-state index in [4.69, 9.17) is 0 Å². The number of carbonyl (C=O) groups is 1. The third kappa shape index (κ3) is 4.14. The van der Waals surface area contributed by atoms with E-state index < -0.39 is 0 Å². The molecular formula is C21H22N6O. The topological polar surface area (TPSA) is 83.9 Å². The smallest absolute Gasteiger partial charge is 0.274 e. The predicted molar refractivity (Wildman–Crippen MR) is 106 cm³/mol. The Morgan fingerprint density at radius 1 is 1.14 bits per heavy atom. The number of amides is 1. The second-order valence-corrected chi connectivity index (χ2v) is 6.96. The highest BCUT2D eigenvalue weighted by molar-refractivity contribution is 5.92. The Balaban J connectivity index is 1.48. The van der Waals surface area contributed by atoms with Crippen molar-refractivity contribution < 1.29 is 4.79 Å². The SMILES string of the molecule is Cc1cccc(Nc2cc([C@H]3CCCN(C(=O)c4cccnn4)C3)ccn2)n1. The highest BCUT2D eigenvalue weighted by Crippen LogP contribution is 2.29. The van der Waals surface area contributed by atoms with Crippen LogP contribution in [0.15, 0.2) is 54.9 Å². The average Bonchev–Trinajstić information content (AvgIpc) is 2.74. The van der Waals surface area contributed by atoms with Crippen LogP contribution in [-0.2, 0) is 0 Å². The largest absolute Gasteiger partial charge is 0.337 e. The molecule has 0 spiro atoms. The Kier molecular flexibility index (Phi) is 5.23. The molecule has 0 unspecified atom stereocenters. The van der Waals surface area contributed by atoms with Gasteiger partial charge in [-0.25, -0.2) is 9.97 Å². The molecule has 1 amide bonds. The van der Waals surface area contributed by atoms with E-state index in [1.54, 1.807) is 24.5 Å². The average molecular weight is 374 g/mol. The van der Waals surface area contributed by atoms with Crippen LogP contribution in [0.5, 0.6) is 0 Å². The molecule has 4 rings (SSSR count). The Morgan fingerprint density at radius 2 is 2.07 bits per heavy atom. The molecule has 0 aromatic carbocycles. The minimum Gasteiger partial charge on any atom is -0.337 e. The van der Waals surface area contributed by atoms with Crippen molar-refractivity contribution in [2.45, 2.75) is 25.7 Å². The van der Waals surface area contributed by atoms with Crippen molar-refractivity contribution in [2.24, 2.45) is 0 Å². The Hall–Kier alpha value is -3.35. The van der Waals surface area contributed by atoms with E-state index in [1.165, 1.54) is 5.56 Å². The maximum absolute atomic E-state index is 12.7. The fourth-order valence-electron chi connectivity index (χ4n) is 3.52. The molecule has 0 bridgehead atoms. The van der Waals surface area contributed by atoms with Crippen molar-refractivity contribution >= 4 is 17.5 Å². The van der Waals surface area contributed by atoms with Gasteiger partial charge in [-0.05, 0) is 61.7 Å². The molecule has 3 aromatic rings. The lowest BCUT2D eigenvalue weighted by Gasteiger charge is -2.32. The number of hydrogen-bond donors (Lipinski definition) is 1. The number of piperidine rings is 1. The fourth-order valence-corrected chi connectivity index (χ4v) is 3.52. The summed E-state index contributed by atoms with van der Waals surface area (Å²) >= 11 is 0. The first-order chi connectivity index (χ1) is 13.7. The molecule has 1 fully saturated rings. The fraction of sp³-hybridized carbons (Fsp3) is 0.286.